The summed E-state index contributed by atoms with van der Waals surface area (Å²) in [6, 6.07) is 17.3. The van der Waals surface area contributed by atoms with E-state index in [1.54, 1.807) is 47.0 Å². The normalized spacial score (nSPS) is 11.5. The van der Waals surface area contributed by atoms with Gasteiger partial charge in [-0.05, 0) is 59.2 Å². The highest BCUT2D eigenvalue weighted by molar-refractivity contribution is 7.90. The standard InChI is InChI=1S/C28H23FN4O5S/c1-39(36,37)22-7-4-17(5-8-22)18-2-3-19(23(13-18)27(30)35)15-32-26(34)16-33-24-9-6-21(29)12-20(24)14-25(33)28-31-10-11-38-28/h2-14H,15-16H2,1H3,(H2,30,35)(H,32,34). The van der Waals surface area contributed by atoms with Crippen molar-refractivity contribution in [1.29, 1.82) is 0 Å². The quantitative estimate of drug-likeness (QED) is 0.303. The van der Waals surface area contributed by atoms with Crippen LogP contribution < -0.4 is 11.1 Å². The van der Waals surface area contributed by atoms with Gasteiger partial charge in [-0.3, -0.25) is 9.59 Å². The second-order valence-corrected chi connectivity index (χ2v) is 11.0. The number of primary amides is 1. The molecule has 39 heavy (non-hydrogen) atoms. The Kier molecular flexibility index (Phi) is 6.75. The molecule has 0 fully saturated rings. The molecule has 5 rings (SSSR count). The molecule has 2 aromatic heterocycles. The molecule has 0 aliphatic heterocycles. The summed E-state index contributed by atoms with van der Waals surface area (Å²) in [6.07, 6.45) is 4.02. The van der Waals surface area contributed by atoms with Crippen molar-refractivity contribution in [3.8, 4) is 22.7 Å². The fraction of sp³-hybridized carbons (Fsp3) is 0.107. The van der Waals surface area contributed by atoms with E-state index in [1.165, 1.54) is 36.7 Å². The van der Waals surface area contributed by atoms with Crippen molar-refractivity contribution in [2.45, 2.75) is 18.0 Å². The molecule has 198 valence electrons. The number of rotatable bonds is 8. The van der Waals surface area contributed by atoms with Gasteiger partial charge in [0.15, 0.2) is 9.84 Å². The van der Waals surface area contributed by atoms with Gasteiger partial charge in [0.1, 0.15) is 24.3 Å². The number of aromatic nitrogens is 2. The number of fused-ring (bicyclic) bond motifs is 1. The first-order chi connectivity index (χ1) is 18.6. The summed E-state index contributed by atoms with van der Waals surface area (Å²) in [5, 5.41) is 3.40. The van der Waals surface area contributed by atoms with E-state index in [-0.39, 0.29) is 35.3 Å². The van der Waals surface area contributed by atoms with Crippen molar-refractivity contribution >= 4 is 32.6 Å². The topological polar surface area (TPSA) is 137 Å². The van der Waals surface area contributed by atoms with E-state index in [2.05, 4.69) is 10.3 Å². The summed E-state index contributed by atoms with van der Waals surface area (Å²) in [5.41, 5.74) is 8.88. The number of sulfone groups is 1. The van der Waals surface area contributed by atoms with Gasteiger partial charge in [0.05, 0.1) is 11.1 Å². The number of nitrogens with zero attached hydrogens (tertiary/aromatic N) is 2. The second kappa shape index (κ2) is 10.2. The highest BCUT2D eigenvalue weighted by atomic mass is 32.2. The molecular formula is C28H23FN4O5S. The van der Waals surface area contributed by atoms with Gasteiger partial charge >= 0.3 is 0 Å². The maximum absolute atomic E-state index is 13.8. The predicted molar refractivity (Wildman–Crippen MR) is 143 cm³/mol. The van der Waals surface area contributed by atoms with E-state index in [9.17, 15) is 22.4 Å². The first-order valence-electron chi connectivity index (χ1n) is 11.8. The van der Waals surface area contributed by atoms with Crippen molar-refractivity contribution < 1.29 is 26.8 Å². The SMILES string of the molecule is CS(=O)(=O)c1ccc(-c2ccc(CNC(=O)Cn3c(-c4ncco4)cc4cc(F)ccc43)c(C(N)=O)c2)cc1. The summed E-state index contributed by atoms with van der Waals surface area (Å²) in [7, 11) is -3.34. The van der Waals surface area contributed by atoms with Gasteiger partial charge in [-0.2, -0.15) is 0 Å². The fourth-order valence-corrected chi connectivity index (χ4v) is 5.00. The third-order valence-corrected chi connectivity index (χ3v) is 7.41. The third-order valence-electron chi connectivity index (χ3n) is 6.28. The molecule has 0 aliphatic rings. The van der Waals surface area contributed by atoms with Gasteiger partial charge in [-0.1, -0.05) is 24.3 Å². The molecule has 0 atom stereocenters. The summed E-state index contributed by atoms with van der Waals surface area (Å²) >= 11 is 0. The number of nitrogens with one attached hydrogen (secondary N) is 1. The zero-order valence-electron chi connectivity index (χ0n) is 20.7. The molecule has 0 aliphatic carbocycles. The van der Waals surface area contributed by atoms with Crippen molar-refractivity contribution in [2.24, 2.45) is 5.73 Å². The van der Waals surface area contributed by atoms with Gasteiger partial charge < -0.3 is 20.0 Å². The monoisotopic (exact) mass is 546 g/mol. The van der Waals surface area contributed by atoms with Gasteiger partial charge in [0.2, 0.25) is 17.7 Å². The van der Waals surface area contributed by atoms with Crippen LogP contribution in [-0.4, -0.2) is 36.0 Å². The Balaban J connectivity index is 1.36. The second-order valence-electron chi connectivity index (χ2n) is 8.97. The largest absolute Gasteiger partial charge is 0.443 e. The van der Waals surface area contributed by atoms with Crippen LogP contribution >= 0.6 is 0 Å². The molecule has 2 amide bonds. The minimum atomic E-state index is -3.34. The summed E-state index contributed by atoms with van der Waals surface area (Å²) < 4.78 is 44.3. The van der Waals surface area contributed by atoms with Gasteiger partial charge in [0, 0.05) is 29.3 Å². The lowest BCUT2D eigenvalue weighted by Gasteiger charge is -2.13. The van der Waals surface area contributed by atoms with Crippen LogP contribution in [0.2, 0.25) is 0 Å². The Labute approximate surface area is 223 Å². The first kappa shape index (κ1) is 25.9. The number of carbonyl (C=O) groups excluding carboxylic acids is 2. The summed E-state index contributed by atoms with van der Waals surface area (Å²) in [4.78, 5) is 29.5. The predicted octanol–water partition coefficient (Wildman–Crippen LogP) is 3.92. The number of nitrogens with two attached hydrogens (primary N) is 1. The number of hydrogen-bond donors (Lipinski definition) is 2. The lowest BCUT2D eigenvalue weighted by atomic mass is 9.98. The van der Waals surface area contributed by atoms with Crippen molar-refractivity contribution in [3.63, 3.8) is 0 Å². The van der Waals surface area contributed by atoms with E-state index in [0.29, 0.717) is 33.3 Å². The number of benzene rings is 3. The molecule has 0 bridgehead atoms. The maximum atomic E-state index is 13.8. The van der Waals surface area contributed by atoms with Crippen LogP contribution in [0, 0.1) is 5.82 Å². The molecule has 0 saturated carbocycles. The first-order valence-corrected chi connectivity index (χ1v) is 13.7. The smallest absolute Gasteiger partial charge is 0.249 e. The van der Waals surface area contributed by atoms with Gasteiger partial charge in [0.25, 0.3) is 0 Å². The molecule has 11 heteroatoms. The fourth-order valence-electron chi connectivity index (χ4n) is 4.37. The van der Waals surface area contributed by atoms with E-state index >= 15 is 0 Å². The maximum Gasteiger partial charge on any atom is 0.249 e. The Bertz CT molecular complexity index is 1810. The molecule has 9 nitrogen and oxygen atoms in total. The van der Waals surface area contributed by atoms with Gasteiger partial charge in [-0.15, -0.1) is 0 Å². The van der Waals surface area contributed by atoms with E-state index in [4.69, 9.17) is 10.2 Å². The number of hydrogen-bond acceptors (Lipinski definition) is 6. The number of halogens is 1. The average molecular weight is 547 g/mol. The molecular weight excluding hydrogens is 523 g/mol. The highest BCUT2D eigenvalue weighted by Crippen LogP contribution is 2.28. The lowest BCUT2D eigenvalue weighted by molar-refractivity contribution is -0.121. The minimum absolute atomic E-state index is 0.0343. The van der Waals surface area contributed by atoms with Crippen LogP contribution in [0.15, 0.2) is 88.5 Å². The van der Waals surface area contributed by atoms with E-state index in [1.807, 2.05) is 0 Å². The minimum Gasteiger partial charge on any atom is -0.443 e. The van der Waals surface area contributed by atoms with Crippen LogP contribution in [0.3, 0.4) is 0 Å². The third kappa shape index (κ3) is 5.43. The number of amides is 2. The molecule has 0 radical (unpaired) electrons. The molecule has 3 N–H and O–H groups in total. The molecule has 0 unspecified atom stereocenters. The van der Waals surface area contributed by atoms with Crippen LogP contribution in [0.5, 0.6) is 0 Å². The summed E-state index contributed by atoms with van der Waals surface area (Å²) in [5.74, 6) is -1.15. The molecule has 2 heterocycles. The Morgan fingerprint density at radius 3 is 2.44 bits per heavy atom. The van der Waals surface area contributed by atoms with E-state index in [0.717, 1.165) is 6.26 Å². The molecule has 0 saturated heterocycles. The van der Waals surface area contributed by atoms with Crippen molar-refractivity contribution in [3.05, 3.63) is 96.1 Å². The number of carbonyl (C=O) groups is 2. The van der Waals surface area contributed by atoms with Crippen LogP contribution in [0.4, 0.5) is 4.39 Å². The summed E-state index contributed by atoms with van der Waals surface area (Å²) in [6.45, 7) is -0.0733. The Morgan fingerprint density at radius 2 is 1.77 bits per heavy atom. The zero-order valence-corrected chi connectivity index (χ0v) is 21.5. The van der Waals surface area contributed by atoms with Crippen LogP contribution in [0.25, 0.3) is 33.6 Å². The number of oxazole rings is 1. The van der Waals surface area contributed by atoms with Crippen LogP contribution in [-0.2, 0) is 27.7 Å². The zero-order chi connectivity index (χ0) is 27.7. The van der Waals surface area contributed by atoms with E-state index < -0.39 is 21.6 Å². The Morgan fingerprint density at radius 1 is 1.03 bits per heavy atom. The average Bonchev–Trinajstić information content (AvgIpc) is 3.55. The van der Waals surface area contributed by atoms with Crippen molar-refractivity contribution in [1.82, 2.24) is 14.9 Å². The van der Waals surface area contributed by atoms with Crippen molar-refractivity contribution in [2.75, 3.05) is 6.26 Å². The lowest BCUT2D eigenvalue weighted by Crippen LogP contribution is -2.28. The highest BCUT2D eigenvalue weighted by Gasteiger charge is 2.18. The molecule has 0 spiro atoms. The van der Waals surface area contributed by atoms with Crippen LogP contribution in [0.1, 0.15) is 15.9 Å². The Hall–Kier alpha value is -4.77. The molecule has 3 aromatic carbocycles. The van der Waals surface area contributed by atoms with Gasteiger partial charge in [-0.25, -0.2) is 17.8 Å². The molecule has 5 aromatic rings.